The Morgan fingerprint density at radius 3 is 2.00 bits per heavy atom. The van der Waals surface area contributed by atoms with Crippen LogP contribution in [0.15, 0.2) is 42.5 Å². The Hall–Kier alpha value is -3.76. The maximum Gasteiger partial charge on any atom is 0.416 e. The number of urea groups is 1. The van der Waals surface area contributed by atoms with Gasteiger partial charge >= 0.3 is 18.3 Å². The van der Waals surface area contributed by atoms with Crippen LogP contribution in [0.4, 0.5) is 39.8 Å². The topological polar surface area (TPSA) is 109 Å². The van der Waals surface area contributed by atoms with Crippen molar-refractivity contribution in [2.45, 2.75) is 52.4 Å². The zero-order chi connectivity index (χ0) is 25.7. The maximum atomic E-state index is 13.2. The Labute approximate surface area is 195 Å². The van der Waals surface area contributed by atoms with Gasteiger partial charge in [0, 0.05) is 17.3 Å². The van der Waals surface area contributed by atoms with Gasteiger partial charge in [-0.2, -0.15) is 13.2 Å². The summed E-state index contributed by atoms with van der Waals surface area (Å²) in [7, 11) is 0. The van der Waals surface area contributed by atoms with Crippen LogP contribution in [0, 0.1) is 0 Å². The van der Waals surface area contributed by atoms with Crippen LogP contribution in [0.25, 0.3) is 0 Å². The summed E-state index contributed by atoms with van der Waals surface area (Å²) in [6.07, 6.45) is -5.55. The summed E-state index contributed by atoms with van der Waals surface area (Å²) in [4.78, 5) is 36.6. The second-order valence-electron chi connectivity index (χ2n) is 8.67. The van der Waals surface area contributed by atoms with Crippen molar-refractivity contribution in [3.63, 3.8) is 0 Å². The lowest BCUT2D eigenvalue weighted by atomic mass is 10.1. The van der Waals surface area contributed by atoms with Crippen LogP contribution in [0.3, 0.4) is 0 Å². The maximum absolute atomic E-state index is 13.2. The zero-order valence-electron chi connectivity index (χ0n) is 19.4. The molecule has 0 unspecified atom stereocenters. The summed E-state index contributed by atoms with van der Waals surface area (Å²) in [6.45, 7) is 8.49. The smallest absolute Gasteiger partial charge is 0.416 e. The number of alkyl halides is 3. The number of carbonyl (C=O) groups is 3. The average molecular weight is 480 g/mol. The van der Waals surface area contributed by atoms with Crippen molar-refractivity contribution in [3.05, 3.63) is 53.6 Å². The molecule has 0 spiro atoms. The number of hydrogen-bond acceptors (Lipinski definition) is 4. The van der Waals surface area contributed by atoms with E-state index < -0.39 is 35.4 Å². The van der Waals surface area contributed by atoms with E-state index in [1.54, 1.807) is 34.6 Å². The van der Waals surface area contributed by atoms with E-state index in [0.717, 1.165) is 18.2 Å². The number of anilines is 3. The molecule has 11 heteroatoms. The molecule has 2 aromatic rings. The third-order valence-corrected chi connectivity index (χ3v) is 4.06. The Balaban J connectivity index is 2.23. The number of amides is 4. The van der Waals surface area contributed by atoms with E-state index in [4.69, 9.17) is 4.74 Å². The largest absolute Gasteiger partial charge is 0.444 e. The predicted octanol–water partition coefficient (Wildman–Crippen LogP) is 5.83. The molecule has 0 fully saturated rings. The molecule has 0 aliphatic carbocycles. The summed E-state index contributed by atoms with van der Waals surface area (Å²) >= 11 is 0. The van der Waals surface area contributed by atoms with Crippen LogP contribution in [0.2, 0.25) is 0 Å². The molecule has 2 aromatic carbocycles. The molecule has 0 heterocycles. The van der Waals surface area contributed by atoms with E-state index in [1.807, 2.05) is 0 Å². The lowest BCUT2D eigenvalue weighted by molar-refractivity contribution is -0.137. The SMILES string of the molecule is CC(C)NC(=O)Nc1ccc(C(=O)Nc2cc(C(F)(F)F)ccc2NC(=O)OC(C)(C)C)cc1. The fraction of sp³-hybridized carbons (Fsp3) is 0.348. The van der Waals surface area contributed by atoms with Gasteiger partial charge < -0.3 is 20.7 Å². The van der Waals surface area contributed by atoms with Gasteiger partial charge in [0.05, 0.1) is 16.9 Å². The molecule has 2 rings (SSSR count). The number of carbonyl (C=O) groups excluding carboxylic acids is 3. The van der Waals surface area contributed by atoms with Crippen molar-refractivity contribution >= 4 is 35.1 Å². The normalized spacial score (nSPS) is 11.6. The van der Waals surface area contributed by atoms with Crippen molar-refractivity contribution in [3.8, 4) is 0 Å². The fourth-order valence-corrected chi connectivity index (χ4v) is 2.68. The Morgan fingerprint density at radius 2 is 1.47 bits per heavy atom. The first kappa shape index (κ1) is 26.5. The van der Waals surface area contributed by atoms with E-state index in [1.165, 1.54) is 24.3 Å². The van der Waals surface area contributed by atoms with Gasteiger partial charge in [-0.3, -0.25) is 10.1 Å². The average Bonchev–Trinajstić information content (AvgIpc) is 2.66. The zero-order valence-corrected chi connectivity index (χ0v) is 19.4. The minimum Gasteiger partial charge on any atom is -0.444 e. The van der Waals surface area contributed by atoms with Crippen molar-refractivity contribution in [1.82, 2.24) is 5.32 Å². The minimum atomic E-state index is -4.66. The molecule has 4 amide bonds. The third kappa shape index (κ3) is 8.30. The van der Waals surface area contributed by atoms with Gasteiger partial charge in [-0.25, -0.2) is 9.59 Å². The van der Waals surface area contributed by atoms with Gasteiger partial charge in [0.1, 0.15) is 5.60 Å². The molecule has 0 aliphatic heterocycles. The standard InChI is InChI=1S/C23H27F3N4O4/c1-13(2)27-20(32)28-16-9-6-14(7-10-16)19(31)29-18-12-15(23(24,25)26)8-11-17(18)30-21(33)34-22(3,4)5/h6-13H,1-5H3,(H,29,31)(H,30,33)(H2,27,28,32). The number of hydrogen-bond donors (Lipinski definition) is 4. The van der Waals surface area contributed by atoms with Crippen LogP contribution in [0.1, 0.15) is 50.5 Å². The van der Waals surface area contributed by atoms with Crippen molar-refractivity contribution < 1.29 is 32.3 Å². The third-order valence-electron chi connectivity index (χ3n) is 4.06. The number of halogens is 3. The highest BCUT2D eigenvalue weighted by Gasteiger charge is 2.31. The molecule has 184 valence electrons. The van der Waals surface area contributed by atoms with Crippen LogP contribution in [0.5, 0.6) is 0 Å². The molecular formula is C23H27F3N4O4. The van der Waals surface area contributed by atoms with Gasteiger partial charge in [-0.15, -0.1) is 0 Å². The highest BCUT2D eigenvalue weighted by Crippen LogP contribution is 2.34. The molecule has 34 heavy (non-hydrogen) atoms. The predicted molar refractivity (Wildman–Crippen MR) is 123 cm³/mol. The van der Waals surface area contributed by atoms with Crippen molar-refractivity contribution in [2.24, 2.45) is 0 Å². The van der Waals surface area contributed by atoms with E-state index in [9.17, 15) is 27.6 Å². The molecule has 0 bridgehead atoms. The number of ether oxygens (including phenoxy) is 1. The number of nitrogens with one attached hydrogen (secondary N) is 4. The van der Waals surface area contributed by atoms with Crippen LogP contribution < -0.4 is 21.3 Å². The van der Waals surface area contributed by atoms with Crippen molar-refractivity contribution in [1.29, 1.82) is 0 Å². The van der Waals surface area contributed by atoms with E-state index in [0.29, 0.717) is 5.69 Å². The first-order chi connectivity index (χ1) is 15.6. The first-order valence-electron chi connectivity index (χ1n) is 10.3. The quantitative estimate of drug-likeness (QED) is 0.431. The Bertz CT molecular complexity index is 1050. The van der Waals surface area contributed by atoms with Gasteiger partial charge in [-0.05, 0) is 77.1 Å². The summed E-state index contributed by atoms with van der Waals surface area (Å²) in [5.74, 6) is -0.718. The molecular weight excluding hydrogens is 453 g/mol. The lowest BCUT2D eigenvalue weighted by Gasteiger charge is -2.21. The molecule has 0 saturated carbocycles. The van der Waals surface area contributed by atoms with Crippen molar-refractivity contribution in [2.75, 3.05) is 16.0 Å². The number of rotatable bonds is 5. The molecule has 0 aromatic heterocycles. The summed E-state index contributed by atoms with van der Waals surface area (Å²) in [5.41, 5.74) is -1.63. The van der Waals surface area contributed by atoms with Crippen LogP contribution in [-0.2, 0) is 10.9 Å². The summed E-state index contributed by atoms with van der Waals surface area (Å²) in [6, 6.07) is 7.78. The second kappa shape index (κ2) is 10.4. The summed E-state index contributed by atoms with van der Waals surface area (Å²) in [5, 5.41) is 9.98. The molecule has 4 N–H and O–H groups in total. The highest BCUT2D eigenvalue weighted by molar-refractivity contribution is 6.07. The van der Waals surface area contributed by atoms with E-state index >= 15 is 0 Å². The van der Waals surface area contributed by atoms with Crippen LogP contribution in [-0.4, -0.2) is 29.7 Å². The highest BCUT2D eigenvalue weighted by atomic mass is 19.4. The monoisotopic (exact) mass is 480 g/mol. The second-order valence-corrected chi connectivity index (χ2v) is 8.67. The lowest BCUT2D eigenvalue weighted by Crippen LogP contribution is -2.34. The Morgan fingerprint density at radius 1 is 0.853 bits per heavy atom. The Kier molecular flexibility index (Phi) is 8.14. The van der Waals surface area contributed by atoms with Gasteiger partial charge in [0.2, 0.25) is 0 Å². The summed E-state index contributed by atoms with van der Waals surface area (Å²) < 4.78 is 44.8. The van der Waals surface area contributed by atoms with Gasteiger partial charge in [0.15, 0.2) is 0 Å². The molecule has 8 nitrogen and oxygen atoms in total. The van der Waals surface area contributed by atoms with E-state index in [-0.39, 0.29) is 23.0 Å². The molecule has 0 atom stereocenters. The fourth-order valence-electron chi connectivity index (χ4n) is 2.68. The molecule has 0 saturated heterocycles. The number of benzene rings is 2. The van der Waals surface area contributed by atoms with E-state index in [2.05, 4.69) is 21.3 Å². The first-order valence-corrected chi connectivity index (χ1v) is 10.3. The molecule has 0 aliphatic rings. The molecule has 0 radical (unpaired) electrons. The minimum absolute atomic E-state index is 0.0685. The van der Waals surface area contributed by atoms with Gasteiger partial charge in [-0.1, -0.05) is 0 Å². The van der Waals surface area contributed by atoms with Crippen LogP contribution >= 0.6 is 0 Å². The van der Waals surface area contributed by atoms with Gasteiger partial charge in [0.25, 0.3) is 5.91 Å².